The van der Waals surface area contributed by atoms with Gasteiger partial charge in [0.2, 0.25) is 5.88 Å². The maximum atomic E-state index is 14.1. The van der Waals surface area contributed by atoms with Gasteiger partial charge in [0.05, 0.1) is 17.7 Å². The Hall–Kier alpha value is -2.88. The van der Waals surface area contributed by atoms with Crippen molar-refractivity contribution in [1.29, 1.82) is 0 Å². The number of benzene rings is 2. The molecule has 0 fully saturated rings. The van der Waals surface area contributed by atoms with E-state index in [1.165, 1.54) is 25.8 Å². The highest BCUT2D eigenvalue weighted by Gasteiger charge is 2.33. The predicted molar refractivity (Wildman–Crippen MR) is 135 cm³/mol. The van der Waals surface area contributed by atoms with Crippen molar-refractivity contribution >= 4 is 15.9 Å². The number of aryl methyl sites for hydroxylation is 1. The molecule has 0 radical (unpaired) electrons. The minimum absolute atomic E-state index is 0.0654. The monoisotopic (exact) mass is 502 g/mol. The Morgan fingerprint density at radius 3 is 2.26 bits per heavy atom. The smallest absolute Gasteiger partial charge is 0.269 e. The van der Waals surface area contributed by atoms with Crippen LogP contribution in [0.1, 0.15) is 37.6 Å². The van der Waals surface area contributed by atoms with Crippen LogP contribution in [0.2, 0.25) is 0 Å². The fourth-order valence-electron chi connectivity index (χ4n) is 3.61. The van der Waals surface area contributed by atoms with Gasteiger partial charge in [0.1, 0.15) is 12.5 Å². The Labute approximate surface area is 207 Å². The molecule has 0 aliphatic carbocycles. The summed E-state index contributed by atoms with van der Waals surface area (Å²) in [5.74, 6) is 1.03. The van der Waals surface area contributed by atoms with E-state index in [0.29, 0.717) is 28.5 Å². The second-order valence-corrected chi connectivity index (χ2v) is 10.6. The van der Waals surface area contributed by atoms with Gasteiger partial charge in [0, 0.05) is 24.3 Å². The van der Waals surface area contributed by atoms with Crippen LogP contribution in [0.3, 0.4) is 0 Å². The highest BCUT2D eigenvalue weighted by molar-refractivity contribution is 7.93. The number of ether oxygens (including phenoxy) is 3. The van der Waals surface area contributed by atoms with E-state index in [2.05, 4.69) is 19.0 Å². The number of nitrogens with zero attached hydrogens (tertiary/aromatic N) is 2. The molecule has 8 nitrogen and oxygen atoms in total. The Bertz CT molecular complexity index is 1240. The first-order chi connectivity index (χ1) is 16.6. The molecular weight excluding hydrogens is 468 g/mol. The van der Waals surface area contributed by atoms with E-state index in [4.69, 9.17) is 18.7 Å². The highest BCUT2D eigenvalue weighted by Crippen LogP contribution is 2.36. The number of aromatic nitrogens is 1. The molecule has 1 atom stereocenters. The number of hydrogen-bond acceptors (Lipinski definition) is 7. The Morgan fingerprint density at radius 1 is 1.03 bits per heavy atom. The third kappa shape index (κ3) is 6.04. The molecule has 1 aromatic heterocycles. The van der Waals surface area contributed by atoms with Crippen LogP contribution >= 0.6 is 0 Å². The summed E-state index contributed by atoms with van der Waals surface area (Å²) in [6.45, 7) is 9.19. The van der Waals surface area contributed by atoms with Crippen molar-refractivity contribution < 1.29 is 27.2 Å². The van der Waals surface area contributed by atoms with E-state index in [-0.39, 0.29) is 17.5 Å². The third-order valence-corrected chi connectivity index (χ3v) is 7.53. The van der Waals surface area contributed by atoms with Gasteiger partial charge in [-0.05, 0) is 56.4 Å². The van der Waals surface area contributed by atoms with Crippen LogP contribution in [0.4, 0.5) is 5.88 Å². The van der Waals surface area contributed by atoms with E-state index in [1.807, 2.05) is 24.3 Å². The average molecular weight is 503 g/mol. The van der Waals surface area contributed by atoms with Crippen molar-refractivity contribution in [2.24, 2.45) is 5.92 Å². The fraction of sp³-hybridized carbons (Fsp3) is 0.423. The lowest BCUT2D eigenvalue weighted by Gasteiger charge is -2.25. The van der Waals surface area contributed by atoms with Crippen molar-refractivity contribution in [3.8, 4) is 16.9 Å². The number of methoxy groups -OCH3 is 2. The van der Waals surface area contributed by atoms with Crippen LogP contribution in [0.15, 0.2) is 51.9 Å². The van der Waals surface area contributed by atoms with Crippen molar-refractivity contribution in [1.82, 2.24) is 5.16 Å². The maximum Gasteiger partial charge on any atom is 0.269 e. The molecule has 0 aliphatic rings. The van der Waals surface area contributed by atoms with Crippen LogP contribution < -0.4 is 9.04 Å². The zero-order chi connectivity index (χ0) is 25.8. The Balaban J connectivity index is 2.14. The average Bonchev–Trinajstić information content (AvgIpc) is 3.16. The molecule has 0 saturated carbocycles. The first kappa shape index (κ1) is 26.7. The minimum Gasteiger partial charge on any atom is -0.497 e. The summed E-state index contributed by atoms with van der Waals surface area (Å²) in [6.07, 6.45) is 0.316. The van der Waals surface area contributed by atoms with Gasteiger partial charge in [-0.1, -0.05) is 43.3 Å². The molecule has 0 aliphatic heterocycles. The molecule has 0 N–H and O–H groups in total. The normalized spacial score (nSPS) is 12.7. The SMILES string of the molecule is COc1ccc(-c2ccc(CC(C)C)cc2)c(S(=O)(=O)N(COC(C)OC)c2onc(C)c2C)c1. The molecule has 1 heterocycles. The van der Waals surface area contributed by atoms with Crippen molar-refractivity contribution in [2.45, 2.75) is 52.2 Å². The lowest BCUT2D eigenvalue weighted by Crippen LogP contribution is -2.35. The molecule has 3 rings (SSSR count). The predicted octanol–water partition coefficient (Wildman–Crippen LogP) is 5.33. The zero-order valence-electron chi connectivity index (χ0n) is 21.4. The molecule has 9 heteroatoms. The summed E-state index contributed by atoms with van der Waals surface area (Å²) < 4.78 is 50.9. The van der Waals surface area contributed by atoms with Gasteiger partial charge in [0.15, 0.2) is 6.29 Å². The molecule has 35 heavy (non-hydrogen) atoms. The Kier molecular flexibility index (Phi) is 8.58. The number of rotatable bonds is 11. The van der Waals surface area contributed by atoms with Crippen molar-refractivity contribution in [3.63, 3.8) is 0 Å². The van der Waals surface area contributed by atoms with Crippen molar-refractivity contribution in [3.05, 3.63) is 59.3 Å². The summed E-state index contributed by atoms with van der Waals surface area (Å²) in [7, 11) is -1.19. The first-order valence-corrected chi connectivity index (χ1v) is 12.9. The number of sulfonamides is 1. The first-order valence-electron chi connectivity index (χ1n) is 11.5. The van der Waals surface area contributed by atoms with E-state index in [9.17, 15) is 8.42 Å². The van der Waals surface area contributed by atoms with Crippen LogP contribution in [-0.4, -0.2) is 40.8 Å². The van der Waals surface area contributed by atoms with E-state index >= 15 is 0 Å². The molecule has 0 bridgehead atoms. The van der Waals surface area contributed by atoms with Gasteiger partial charge in [-0.2, -0.15) is 0 Å². The second-order valence-electron chi connectivity index (χ2n) is 8.81. The van der Waals surface area contributed by atoms with Crippen molar-refractivity contribution in [2.75, 3.05) is 25.3 Å². The molecule has 0 amide bonds. The summed E-state index contributed by atoms with van der Waals surface area (Å²) in [5.41, 5.74) is 3.70. The largest absolute Gasteiger partial charge is 0.497 e. The quantitative estimate of drug-likeness (QED) is 0.327. The fourth-order valence-corrected chi connectivity index (χ4v) is 5.16. The topological polar surface area (TPSA) is 91.1 Å². The lowest BCUT2D eigenvalue weighted by molar-refractivity contribution is -0.108. The Morgan fingerprint density at radius 2 is 1.71 bits per heavy atom. The molecule has 3 aromatic rings. The molecule has 2 aromatic carbocycles. The molecule has 190 valence electrons. The van der Waals surface area contributed by atoms with E-state index in [0.717, 1.165) is 16.3 Å². The van der Waals surface area contributed by atoms with Gasteiger partial charge >= 0.3 is 0 Å². The summed E-state index contributed by atoms with van der Waals surface area (Å²) in [5, 5.41) is 3.95. The van der Waals surface area contributed by atoms with Gasteiger partial charge in [-0.25, -0.2) is 12.7 Å². The molecular formula is C26H34N2O6S. The second kappa shape index (κ2) is 11.2. The van der Waals surface area contributed by atoms with Gasteiger partial charge in [-0.3, -0.25) is 0 Å². The number of hydrogen-bond donors (Lipinski definition) is 0. The van der Waals surface area contributed by atoms with Crippen LogP contribution in [0.5, 0.6) is 5.75 Å². The van der Waals surface area contributed by atoms with Crippen LogP contribution in [0.25, 0.3) is 11.1 Å². The molecule has 1 unspecified atom stereocenters. The van der Waals surface area contributed by atoms with Gasteiger partial charge in [-0.15, -0.1) is 0 Å². The minimum atomic E-state index is -4.17. The summed E-state index contributed by atoms with van der Waals surface area (Å²) >= 11 is 0. The van der Waals surface area contributed by atoms with E-state index in [1.54, 1.807) is 32.9 Å². The van der Waals surface area contributed by atoms with Crippen LogP contribution in [0, 0.1) is 19.8 Å². The molecule has 0 spiro atoms. The lowest BCUT2D eigenvalue weighted by atomic mass is 9.99. The van der Waals surface area contributed by atoms with E-state index < -0.39 is 16.3 Å². The van der Waals surface area contributed by atoms with Crippen LogP contribution in [-0.2, 0) is 25.9 Å². The van der Waals surface area contributed by atoms with Gasteiger partial charge < -0.3 is 18.7 Å². The summed E-state index contributed by atoms with van der Waals surface area (Å²) in [6, 6.07) is 12.9. The zero-order valence-corrected chi connectivity index (χ0v) is 22.2. The molecule has 0 saturated heterocycles. The number of anilines is 1. The standard InChI is InChI=1S/C26H34N2O6S/c1-17(2)14-21-8-10-22(11-9-21)24-13-12-23(32-7)15-25(24)35(29,30)28(16-33-20(5)31-6)26-18(3)19(4)27-34-26/h8-13,15,17,20H,14,16H2,1-7H3. The maximum absolute atomic E-state index is 14.1. The highest BCUT2D eigenvalue weighted by atomic mass is 32.2. The third-order valence-electron chi connectivity index (χ3n) is 5.78. The van der Waals surface area contributed by atoms with Gasteiger partial charge in [0.25, 0.3) is 10.0 Å². The summed E-state index contributed by atoms with van der Waals surface area (Å²) in [4.78, 5) is 0.0654.